The monoisotopic (exact) mass is 393 g/mol. The highest BCUT2D eigenvalue weighted by Crippen LogP contribution is 2.24. The first-order valence-electron chi connectivity index (χ1n) is 6.28. The van der Waals surface area contributed by atoms with Crippen LogP contribution in [0.4, 0.5) is 0 Å². The van der Waals surface area contributed by atoms with E-state index >= 15 is 0 Å². The van der Waals surface area contributed by atoms with Crippen molar-refractivity contribution in [3.05, 3.63) is 62.2 Å². The number of nitrogens with zero attached hydrogens (tertiary/aromatic N) is 1. The molecule has 0 spiro atoms. The van der Waals surface area contributed by atoms with E-state index in [1.54, 1.807) is 11.3 Å². The maximum atomic E-state index is 12.4. The fraction of sp³-hybridized carbons (Fsp3) is 0.125. The molecule has 0 bridgehead atoms. The van der Waals surface area contributed by atoms with E-state index in [0.29, 0.717) is 6.42 Å². The van der Waals surface area contributed by atoms with Crippen molar-refractivity contribution in [3.8, 4) is 0 Å². The van der Waals surface area contributed by atoms with Gasteiger partial charge < -0.3 is 0 Å². The summed E-state index contributed by atoms with van der Waals surface area (Å²) in [5.41, 5.74) is 2.91. The van der Waals surface area contributed by atoms with Crippen molar-refractivity contribution in [1.82, 2.24) is 4.98 Å². The zero-order chi connectivity index (χ0) is 14.1. The largest absolute Gasteiger partial charge is 0.294 e. The molecular formula is C16H12INOS. The van der Waals surface area contributed by atoms with Crippen molar-refractivity contribution < 1.29 is 4.79 Å². The molecule has 2 nitrogen and oxygen atoms in total. The molecule has 1 heterocycles. The van der Waals surface area contributed by atoms with Crippen LogP contribution in [-0.2, 0) is 6.42 Å². The number of aryl methyl sites for hydroxylation is 1. The van der Waals surface area contributed by atoms with Gasteiger partial charge in [0.2, 0.25) is 0 Å². The van der Waals surface area contributed by atoms with Gasteiger partial charge in [-0.3, -0.25) is 4.79 Å². The Morgan fingerprint density at radius 2 is 2.00 bits per heavy atom. The van der Waals surface area contributed by atoms with Gasteiger partial charge in [-0.15, -0.1) is 11.3 Å². The first kappa shape index (κ1) is 13.7. The Labute approximate surface area is 135 Å². The molecule has 100 valence electrons. The fourth-order valence-corrected chi connectivity index (χ4v) is 3.72. The Kier molecular flexibility index (Phi) is 3.85. The minimum atomic E-state index is 0.136. The average molecular weight is 393 g/mol. The number of thiazole rings is 1. The van der Waals surface area contributed by atoms with Crippen molar-refractivity contribution in [3.63, 3.8) is 0 Å². The molecule has 3 rings (SSSR count). The molecular weight excluding hydrogens is 381 g/mol. The number of hydrogen-bond acceptors (Lipinski definition) is 3. The second-order valence-electron chi connectivity index (χ2n) is 4.61. The summed E-state index contributed by atoms with van der Waals surface area (Å²) in [6, 6.07) is 13.8. The number of carbonyl (C=O) groups is 1. The van der Waals surface area contributed by atoms with Crippen LogP contribution in [0.5, 0.6) is 0 Å². The topological polar surface area (TPSA) is 30.0 Å². The zero-order valence-electron chi connectivity index (χ0n) is 10.9. The average Bonchev–Trinajstić information content (AvgIpc) is 2.83. The van der Waals surface area contributed by atoms with Crippen molar-refractivity contribution in [1.29, 1.82) is 0 Å². The molecule has 2 aromatic carbocycles. The molecule has 0 unspecified atom stereocenters. The second kappa shape index (κ2) is 5.61. The van der Waals surface area contributed by atoms with E-state index in [1.807, 2.05) is 49.4 Å². The van der Waals surface area contributed by atoms with Crippen LogP contribution in [0.25, 0.3) is 10.2 Å². The maximum Gasteiger partial charge on any atom is 0.170 e. The molecule has 0 atom stereocenters. The molecule has 0 saturated carbocycles. The van der Waals surface area contributed by atoms with Crippen LogP contribution in [0.1, 0.15) is 20.9 Å². The third kappa shape index (κ3) is 2.62. The van der Waals surface area contributed by atoms with Crippen LogP contribution in [0, 0.1) is 10.5 Å². The standard InChI is InChI=1S/C16H12INOS/c1-10-5-4-6-11(16(10)17)13(19)9-15-18-12-7-2-3-8-14(12)20-15/h2-8H,9H2,1H3. The second-order valence-corrected chi connectivity index (χ2v) is 6.81. The lowest BCUT2D eigenvalue weighted by Gasteiger charge is -2.04. The normalized spacial score (nSPS) is 10.9. The predicted octanol–water partition coefficient (Wildman–Crippen LogP) is 4.63. The van der Waals surface area contributed by atoms with E-state index in [4.69, 9.17) is 0 Å². The van der Waals surface area contributed by atoms with E-state index < -0.39 is 0 Å². The van der Waals surface area contributed by atoms with Gasteiger partial charge in [0.15, 0.2) is 5.78 Å². The number of Topliss-reactive ketones (excluding diaryl/α,β-unsaturated/α-hetero) is 1. The highest BCUT2D eigenvalue weighted by atomic mass is 127. The molecule has 20 heavy (non-hydrogen) atoms. The van der Waals surface area contributed by atoms with Gasteiger partial charge in [-0.25, -0.2) is 4.98 Å². The number of para-hydroxylation sites is 1. The van der Waals surface area contributed by atoms with Crippen LogP contribution >= 0.6 is 33.9 Å². The van der Waals surface area contributed by atoms with E-state index in [2.05, 4.69) is 27.6 Å². The highest BCUT2D eigenvalue weighted by Gasteiger charge is 2.14. The molecule has 0 N–H and O–H groups in total. The van der Waals surface area contributed by atoms with E-state index in [-0.39, 0.29) is 5.78 Å². The molecule has 1 aromatic heterocycles. The van der Waals surface area contributed by atoms with E-state index in [1.165, 1.54) is 0 Å². The SMILES string of the molecule is Cc1cccc(C(=O)Cc2nc3ccccc3s2)c1I. The molecule has 4 heteroatoms. The first-order valence-corrected chi connectivity index (χ1v) is 8.17. The van der Waals surface area contributed by atoms with Crippen LogP contribution in [0.2, 0.25) is 0 Å². The summed E-state index contributed by atoms with van der Waals surface area (Å²) in [6.45, 7) is 2.02. The van der Waals surface area contributed by atoms with Gasteiger partial charge in [0, 0.05) is 9.13 Å². The third-order valence-corrected chi connectivity index (χ3v) is 5.61. The predicted molar refractivity (Wildman–Crippen MR) is 91.6 cm³/mol. The number of fused-ring (bicyclic) bond motifs is 1. The molecule has 0 amide bonds. The summed E-state index contributed by atoms with van der Waals surface area (Å²) in [7, 11) is 0. The number of carbonyl (C=O) groups excluding carboxylic acids is 1. The zero-order valence-corrected chi connectivity index (χ0v) is 13.9. The van der Waals surface area contributed by atoms with Crippen molar-refractivity contribution in [2.24, 2.45) is 0 Å². The number of benzene rings is 2. The van der Waals surface area contributed by atoms with Gasteiger partial charge >= 0.3 is 0 Å². The minimum Gasteiger partial charge on any atom is -0.294 e. The molecule has 3 aromatic rings. The van der Waals surface area contributed by atoms with Crippen LogP contribution < -0.4 is 0 Å². The Balaban J connectivity index is 1.90. The Bertz CT molecular complexity index is 761. The quantitative estimate of drug-likeness (QED) is 0.480. The van der Waals surface area contributed by atoms with Gasteiger partial charge in [-0.05, 0) is 47.2 Å². The van der Waals surface area contributed by atoms with E-state index in [9.17, 15) is 4.79 Å². The van der Waals surface area contributed by atoms with Gasteiger partial charge in [-0.1, -0.05) is 30.3 Å². The number of rotatable bonds is 3. The molecule has 0 aliphatic carbocycles. The third-order valence-electron chi connectivity index (χ3n) is 3.14. The van der Waals surface area contributed by atoms with Gasteiger partial charge in [0.05, 0.1) is 16.6 Å². The van der Waals surface area contributed by atoms with Crippen molar-refractivity contribution in [2.75, 3.05) is 0 Å². The van der Waals surface area contributed by atoms with Gasteiger partial charge in [0.1, 0.15) is 5.01 Å². The molecule has 0 aliphatic heterocycles. The summed E-state index contributed by atoms with van der Waals surface area (Å²) in [6.07, 6.45) is 0.374. The van der Waals surface area contributed by atoms with Crippen LogP contribution in [0.3, 0.4) is 0 Å². The summed E-state index contributed by atoms with van der Waals surface area (Å²) in [5, 5.41) is 0.883. The van der Waals surface area contributed by atoms with Crippen molar-refractivity contribution in [2.45, 2.75) is 13.3 Å². The highest BCUT2D eigenvalue weighted by molar-refractivity contribution is 14.1. The lowest BCUT2D eigenvalue weighted by Crippen LogP contribution is -2.06. The van der Waals surface area contributed by atoms with E-state index in [0.717, 1.165) is 29.9 Å². The number of hydrogen-bond donors (Lipinski definition) is 0. The lowest BCUT2D eigenvalue weighted by atomic mass is 10.1. The van der Waals surface area contributed by atoms with Crippen molar-refractivity contribution >= 4 is 49.9 Å². The van der Waals surface area contributed by atoms with Crippen LogP contribution in [-0.4, -0.2) is 10.8 Å². The molecule has 0 aliphatic rings. The summed E-state index contributed by atoms with van der Waals surface area (Å²) in [4.78, 5) is 17.0. The van der Waals surface area contributed by atoms with Crippen LogP contribution in [0.15, 0.2) is 42.5 Å². The Hall–Kier alpha value is -1.27. The number of aromatic nitrogens is 1. The Morgan fingerprint density at radius 1 is 1.20 bits per heavy atom. The molecule has 0 radical (unpaired) electrons. The summed E-state index contributed by atoms with van der Waals surface area (Å²) in [5.74, 6) is 0.136. The summed E-state index contributed by atoms with van der Waals surface area (Å²) < 4.78 is 2.17. The smallest absolute Gasteiger partial charge is 0.170 e. The summed E-state index contributed by atoms with van der Waals surface area (Å²) >= 11 is 3.84. The molecule has 0 fully saturated rings. The lowest BCUT2D eigenvalue weighted by molar-refractivity contribution is 0.0992. The number of ketones is 1. The van der Waals surface area contributed by atoms with Gasteiger partial charge in [-0.2, -0.15) is 0 Å². The molecule has 0 saturated heterocycles. The number of halogens is 1. The fourth-order valence-electron chi connectivity index (χ4n) is 2.09. The first-order chi connectivity index (χ1) is 9.65. The maximum absolute atomic E-state index is 12.4. The van der Waals surface area contributed by atoms with Gasteiger partial charge in [0.25, 0.3) is 0 Å². The minimum absolute atomic E-state index is 0.136. The Morgan fingerprint density at radius 3 is 2.80 bits per heavy atom.